The van der Waals surface area contributed by atoms with E-state index in [0.717, 1.165) is 27.6 Å². The second-order valence-electron chi connectivity index (χ2n) is 5.00. The Labute approximate surface area is 129 Å². The molecule has 0 bridgehead atoms. The van der Waals surface area contributed by atoms with Gasteiger partial charge >= 0.3 is 5.97 Å². The third-order valence-corrected chi connectivity index (χ3v) is 3.66. The van der Waals surface area contributed by atoms with Crippen molar-refractivity contribution in [3.63, 3.8) is 0 Å². The number of benzene rings is 3. The predicted octanol–water partition coefficient (Wildman–Crippen LogP) is 4.30. The molecule has 0 aromatic heterocycles. The number of hydrogen-bond donors (Lipinski definition) is 0. The van der Waals surface area contributed by atoms with Gasteiger partial charge in [-0.2, -0.15) is 0 Å². The zero-order chi connectivity index (χ0) is 15.5. The molecule has 0 aliphatic rings. The summed E-state index contributed by atoms with van der Waals surface area (Å²) in [6, 6.07) is 19.6. The molecule has 0 atom stereocenters. The van der Waals surface area contributed by atoms with E-state index in [4.69, 9.17) is 9.47 Å². The van der Waals surface area contributed by atoms with Gasteiger partial charge in [0.25, 0.3) is 0 Å². The minimum Gasteiger partial charge on any atom is -0.497 e. The van der Waals surface area contributed by atoms with Crippen molar-refractivity contribution in [1.29, 1.82) is 0 Å². The molecule has 0 unspecified atom stereocenters. The number of fused-ring (bicyclic) bond motifs is 1. The number of hydrogen-bond acceptors (Lipinski definition) is 3. The first kappa shape index (κ1) is 14.1. The van der Waals surface area contributed by atoms with Crippen molar-refractivity contribution >= 4 is 16.7 Å². The van der Waals surface area contributed by atoms with E-state index in [1.165, 1.54) is 7.11 Å². The Hall–Kier alpha value is -2.81. The highest BCUT2D eigenvalue weighted by molar-refractivity contribution is 5.92. The van der Waals surface area contributed by atoms with Crippen LogP contribution in [0.4, 0.5) is 0 Å². The van der Waals surface area contributed by atoms with Crippen molar-refractivity contribution in [2.24, 2.45) is 0 Å². The van der Waals surface area contributed by atoms with E-state index in [2.05, 4.69) is 12.1 Å². The molecule has 0 N–H and O–H groups in total. The van der Waals surface area contributed by atoms with Gasteiger partial charge in [0.1, 0.15) is 5.75 Å². The van der Waals surface area contributed by atoms with Crippen molar-refractivity contribution < 1.29 is 14.3 Å². The zero-order valence-electron chi connectivity index (χ0n) is 12.5. The summed E-state index contributed by atoms with van der Waals surface area (Å²) in [5.41, 5.74) is 2.60. The number of carbonyl (C=O) groups is 1. The summed E-state index contributed by atoms with van der Waals surface area (Å²) in [6.07, 6.45) is 0. The first-order valence-electron chi connectivity index (χ1n) is 6.98. The average Bonchev–Trinajstić information content (AvgIpc) is 2.60. The molecule has 3 nitrogen and oxygen atoms in total. The lowest BCUT2D eigenvalue weighted by Gasteiger charge is -2.07. The van der Waals surface area contributed by atoms with Gasteiger partial charge in [0.05, 0.1) is 19.8 Å². The molecule has 0 aliphatic carbocycles. The molecular weight excluding hydrogens is 276 g/mol. The van der Waals surface area contributed by atoms with Gasteiger partial charge in [-0.3, -0.25) is 0 Å². The quantitative estimate of drug-likeness (QED) is 0.675. The van der Waals surface area contributed by atoms with Gasteiger partial charge in [0.15, 0.2) is 0 Å². The Bertz CT molecular complexity index is 837. The van der Waals surface area contributed by atoms with Crippen LogP contribution in [-0.2, 0) is 4.74 Å². The van der Waals surface area contributed by atoms with Gasteiger partial charge in [-0.1, -0.05) is 30.3 Å². The van der Waals surface area contributed by atoms with Crippen LogP contribution in [-0.4, -0.2) is 20.2 Å². The monoisotopic (exact) mass is 292 g/mol. The van der Waals surface area contributed by atoms with Gasteiger partial charge in [-0.05, 0) is 52.2 Å². The second-order valence-corrected chi connectivity index (χ2v) is 5.00. The summed E-state index contributed by atoms with van der Waals surface area (Å²) < 4.78 is 10.0. The van der Waals surface area contributed by atoms with Crippen molar-refractivity contribution in [3.8, 4) is 16.9 Å². The molecular formula is C19H16O3. The fraction of sp³-hybridized carbons (Fsp3) is 0.105. The molecule has 0 radical (unpaired) electrons. The van der Waals surface area contributed by atoms with E-state index in [0.29, 0.717) is 5.56 Å². The standard InChI is InChI=1S/C19H16O3/c1-21-18-9-8-15-10-14(6-7-16(15)12-18)13-4-3-5-17(11-13)19(20)22-2/h3-12H,1-2H3. The van der Waals surface area contributed by atoms with E-state index in [1.54, 1.807) is 13.2 Å². The predicted molar refractivity (Wildman–Crippen MR) is 87.3 cm³/mol. The molecule has 0 fully saturated rings. The molecule has 3 rings (SSSR count). The average molecular weight is 292 g/mol. The Morgan fingerprint density at radius 1 is 0.818 bits per heavy atom. The van der Waals surface area contributed by atoms with Crippen LogP contribution >= 0.6 is 0 Å². The summed E-state index contributed by atoms with van der Waals surface area (Å²) >= 11 is 0. The lowest BCUT2D eigenvalue weighted by Crippen LogP contribution is -2.00. The zero-order valence-corrected chi connectivity index (χ0v) is 12.5. The Balaban J connectivity index is 2.05. The van der Waals surface area contributed by atoms with Gasteiger partial charge in [-0.15, -0.1) is 0 Å². The summed E-state index contributed by atoms with van der Waals surface area (Å²) in [6.45, 7) is 0. The fourth-order valence-corrected chi connectivity index (χ4v) is 2.47. The van der Waals surface area contributed by atoms with Gasteiger partial charge in [-0.25, -0.2) is 4.79 Å². The topological polar surface area (TPSA) is 35.5 Å². The lowest BCUT2D eigenvalue weighted by molar-refractivity contribution is 0.0601. The Kier molecular flexibility index (Phi) is 3.79. The maximum atomic E-state index is 11.6. The van der Waals surface area contributed by atoms with Crippen molar-refractivity contribution in [2.45, 2.75) is 0 Å². The largest absolute Gasteiger partial charge is 0.497 e. The highest BCUT2D eigenvalue weighted by atomic mass is 16.5. The number of esters is 1. The van der Waals surface area contributed by atoms with Crippen LogP contribution in [0.2, 0.25) is 0 Å². The smallest absolute Gasteiger partial charge is 0.337 e. The van der Waals surface area contributed by atoms with Crippen LogP contribution < -0.4 is 4.74 Å². The van der Waals surface area contributed by atoms with E-state index in [1.807, 2.05) is 42.5 Å². The molecule has 3 heteroatoms. The minimum absolute atomic E-state index is 0.327. The molecule has 0 saturated carbocycles. The van der Waals surface area contributed by atoms with E-state index in [-0.39, 0.29) is 5.97 Å². The Morgan fingerprint density at radius 2 is 1.55 bits per heavy atom. The van der Waals surface area contributed by atoms with Crippen LogP contribution in [0.3, 0.4) is 0 Å². The van der Waals surface area contributed by atoms with E-state index in [9.17, 15) is 4.79 Å². The SMILES string of the molecule is COC(=O)c1cccc(-c2ccc3cc(OC)ccc3c2)c1. The molecule has 22 heavy (non-hydrogen) atoms. The first-order valence-corrected chi connectivity index (χ1v) is 6.98. The number of carbonyl (C=O) groups excluding carboxylic acids is 1. The molecule has 0 spiro atoms. The third kappa shape index (κ3) is 2.66. The summed E-state index contributed by atoms with van der Waals surface area (Å²) in [5.74, 6) is 0.514. The maximum absolute atomic E-state index is 11.6. The highest BCUT2D eigenvalue weighted by Crippen LogP contribution is 2.27. The van der Waals surface area contributed by atoms with Crippen molar-refractivity contribution in [2.75, 3.05) is 14.2 Å². The van der Waals surface area contributed by atoms with Crippen LogP contribution in [0, 0.1) is 0 Å². The van der Waals surface area contributed by atoms with Crippen LogP contribution in [0.25, 0.3) is 21.9 Å². The van der Waals surface area contributed by atoms with Gasteiger partial charge < -0.3 is 9.47 Å². The summed E-state index contributed by atoms with van der Waals surface area (Å²) in [7, 11) is 3.05. The molecule has 3 aromatic rings. The van der Waals surface area contributed by atoms with E-state index < -0.39 is 0 Å². The van der Waals surface area contributed by atoms with Crippen LogP contribution in [0.15, 0.2) is 60.7 Å². The molecule has 0 saturated heterocycles. The summed E-state index contributed by atoms with van der Waals surface area (Å²) in [5, 5.41) is 2.24. The third-order valence-electron chi connectivity index (χ3n) is 3.66. The van der Waals surface area contributed by atoms with Crippen molar-refractivity contribution in [1.82, 2.24) is 0 Å². The van der Waals surface area contributed by atoms with Crippen LogP contribution in [0.5, 0.6) is 5.75 Å². The normalized spacial score (nSPS) is 10.5. The van der Waals surface area contributed by atoms with Crippen LogP contribution in [0.1, 0.15) is 10.4 Å². The maximum Gasteiger partial charge on any atom is 0.337 e. The fourth-order valence-electron chi connectivity index (χ4n) is 2.47. The lowest BCUT2D eigenvalue weighted by atomic mass is 9.99. The first-order chi connectivity index (χ1) is 10.7. The minimum atomic E-state index is -0.327. The summed E-state index contributed by atoms with van der Waals surface area (Å²) in [4.78, 5) is 11.6. The second kappa shape index (κ2) is 5.90. The molecule has 0 heterocycles. The Morgan fingerprint density at radius 3 is 2.32 bits per heavy atom. The number of ether oxygens (including phenoxy) is 2. The van der Waals surface area contributed by atoms with Crippen molar-refractivity contribution in [3.05, 3.63) is 66.2 Å². The van der Waals surface area contributed by atoms with Gasteiger partial charge in [0.2, 0.25) is 0 Å². The molecule has 0 amide bonds. The molecule has 110 valence electrons. The molecule has 3 aromatic carbocycles. The highest BCUT2D eigenvalue weighted by Gasteiger charge is 2.07. The number of rotatable bonds is 3. The molecule has 0 aliphatic heterocycles. The van der Waals surface area contributed by atoms with E-state index >= 15 is 0 Å². The van der Waals surface area contributed by atoms with Gasteiger partial charge in [0, 0.05) is 0 Å². The number of methoxy groups -OCH3 is 2.